The normalized spacial score (nSPS) is 9.50. The number of aromatic nitrogens is 4. The van der Waals surface area contributed by atoms with E-state index in [0.717, 1.165) is 22.1 Å². The Morgan fingerprint density at radius 2 is 2.06 bits per heavy atom. The van der Waals surface area contributed by atoms with Crippen LogP contribution in [0.15, 0.2) is 23.6 Å². The quantitative estimate of drug-likeness (QED) is 0.643. The van der Waals surface area contributed by atoms with E-state index in [9.17, 15) is 0 Å². The van der Waals surface area contributed by atoms with Gasteiger partial charge in [0.25, 0.3) is 0 Å². The van der Waals surface area contributed by atoms with Crippen LogP contribution in [0.1, 0.15) is 19.5 Å². The molecule has 0 bridgehead atoms. The van der Waals surface area contributed by atoms with Crippen LogP contribution >= 0.6 is 11.8 Å². The number of aromatic amines is 1. The van der Waals surface area contributed by atoms with E-state index in [1.165, 1.54) is 11.8 Å². The van der Waals surface area contributed by atoms with Gasteiger partial charge in [-0.05, 0) is 19.2 Å². The number of nitrogens with one attached hydrogen (secondary N) is 1. The van der Waals surface area contributed by atoms with Gasteiger partial charge < -0.3 is 0 Å². The van der Waals surface area contributed by atoms with E-state index in [0.29, 0.717) is 0 Å². The zero-order valence-electron chi connectivity index (χ0n) is 9.98. The third kappa shape index (κ3) is 2.82. The van der Waals surface area contributed by atoms with Crippen LogP contribution in [0.5, 0.6) is 0 Å². The van der Waals surface area contributed by atoms with Crippen LogP contribution in [0.2, 0.25) is 0 Å². The fourth-order valence-corrected chi connectivity index (χ4v) is 1.55. The first-order valence-electron chi connectivity index (χ1n) is 5.18. The van der Waals surface area contributed by atoms with Gasteiger partial charge in [0.1, 0.15) is 0 Å². The molecule has 2 rings (SSSR count). The lowest BCUT2D eigenvalue weighted by molar-refractivity contribution is 0.975. The summed E-state index contributed by atoms with van der Waals surface area (Å²) in [7, 11) is 0. The average molecular weight is 236 g/mol. The highest BCUT2D eigenvalue weighted by atomic mass is 32.2. The maximum atomic E-state index is 4.39. The van der Waals surface area contributed by atoms with Gasteiger partial charge in [-0.2, -0.15) is 5.10 Å². The van der Waals surface area contributed by atoms with Crippen LogP contribution in [0.3, 0.4) is 0 Å². The molecule has 5 heteroatoms. The van der Waals surface area contributed by atoms with Crippen molar-refractivity contribution in [1.82, 2.24) is 20.2 Å². The molecule has 16 heavy (non-hydrogen) atoms. The van der Waals surface area contributed by atoms with E-state index in [1.807, 2.05) is 33.1 Å². The molecule has 0 saturated carbocycles. The Morgan fingerprint density at radius 3 is 2.62 bits per heavy atom. The zero-order chi connectivity index (χ0) is 12.0. The molecule has 0 fully saturated rings. The number of nitrogens with zero attached hydrogens (tertiary/aromatic N) is 3. The molecule has 0 unspecified atom stereocenters. The Hall–Kier alpha value is -1.36. The minimum atomic E-state index is 0.781. The van der Waals surface area contributed by atoms with Crippen LogP contribution in [0.25, 0.3) is 11.3 Å². The van der Waals surface area contributed by atoms with Crippen molar-refractivity contribution >= 4 is 11.8 Å². The van der Waals surface area contributed by atoms with Crippen molar-refractivity contribution in [2.24, 2.45) is 0 Å². The molecule has 2 aromatic heterocycles. The number of rotatable bonds is 2. The van der Waals surface area contributed by atoms with Gasteiger partial charge in [-0.1, -0.05) is 25.6 Å². The molecule has 0 aliphatic carbocycles. The largest absolute Gasteiger partial charge is 0.282 e. The lowest BCUT2D eigenvalue weighted by atomic mass is 10.2. The van der Waals surface area contributed by atoms with E-state index in [4.69, 9.17) is 0 Å². The molecule has 0 aromatic carbocycles. The van der Waals surface area contributed by atoms with Crippen LogP contribution in [0.4, 0.5) is 0 Å². The number of aryl methyl sites for hydroxylation is 1. The van der Waals surface area contributed by atoms with Crippen LogP contribution in [0, 0.1) is 6.92 Å². The minimum absolute atomic E-state index is 0.781. The highest BCUT2D eigenvalue weighted by molar-refractivity contribution is 7.98. The van der Waals surface area contributed by atoms with Crippen LogP contribution < -0.4 is 0 Å². The fraction of sp³-hybridized carbons (Fsp3) is 0.364. The van der Waals surface area contributed by atoms with Crippen molar-refractivity contribution in [1.29, 1.82) is 0 Å². The van der Waals surface area contributed by atoms with Gasteiger partial charge in [0.15, 0.2) is 5.16 Å². The molecule has 0 radical (unpaired) electrons. The minimum Gasteiger partial charge on any atom is -0.282 e. The second kappa shape index (κ2) is 6.27. The Kier molecular flexibility index (Phi) is 4.98. The molecule has 0 saturated heterocycles. The molecule has 0 amide bonds. The van der Waals surface area contributed by atoms with Gasteiger partial charge in [-0.25, -0.2) is 9.97 Å². The van der Waals surface area contributed by atoms with Crippen LogP contribution in [-0.4, -0.2) is 26.4 Å². The number of H-pyrrole nitrogens is 1. The lowest BCUT2D eigenvalue weighted by Gasteiger charge is -1.99. The maximum absolute atomic E-state index is 4.39. The van der Waals surface area contributed by atoms with Gasteiger partial charge in [-0.15, -0.1) is 0 Å². The molecule has 0 aliphatic rings. The third-order valence-electron chi connectivity index (χ3n) is 1.92. The Labute approximate surface area is 99.9 Å². The predicted molar refractivity (Wildman–Crippen MR) is 67.5 cm³/mol. The van der Waals surface area contributed by atoms with Crippen molar-refractivity contribution in [3.05, 3.63) is 24.2 Å². The summed E-state index contributed by atoms with van der Waals surface area (Å²) < 4.78 is 0. The molecule has 86 valence electrons. The summed E-state index contributed by atoms with van der Waals surface area (Å²) in [5.74, 6) is 0. The van der Waals surface area contributed by atoms with Gasteiger partial charge in [0, 0.05) is 17.5 Å². The highest BCUT2D eigenvalue weighted by Gasteiger charge is 2.05. The van der Waals surface area contributed by atoms with E-state index in [-0.39, 0.29) is 0 Å². The third-order valence-corrected chi connectivity index (χ3v) is 2.48. The summed E-state index contributed by atoms with van der Waals surface area (Å²) in [6, 6.07) is 1.89. The SMILES string of the molecule is CC.CSc1nccc(-c2cn[nH]c2C)n1. The van der Waals surface area contributed by atoms with Crippen molar-refractivity contribution in [2.75, 3.05) is 6.26 Å². The summed E-state index contributed by atoms with van der Waals surface area (Å²) in [5.41, 5.74) is 2.97. The van der Waals surface area contributed by atoms with Gasteiger partial charge in [0.2, 0.25) is 0 Å². The average Bonchev–Trinajstić information content (AvgIpc) is 2.78. The second-order valence-corrected chi connectivity index (χ2v) is 3.61. The second-order valence-electron chi connectivity index (χ2n) is 2.84. The molecule has 2 aromatic rings. The summed E-state index contributed by atoms with van der Waals surface area (Å²) in [4.78, 5) is 8.51. The zero-order valence-corrected chi connectivity index (χ0v) is 10.8. The molecule has 2 heterocycles. The molecule has 0 aliphatic heterocycles. The van der Waals surface area contributed by atoms with Crippen molar-refractivity contribution < 1.29 is 0 Å². The molecular formula is C11H16N4S. The van der Waals surface area contributed by atoms with Crippen LogP contribution in [-0.2, 0) is 0 Å². The van der Waals surface area contributed by atoms with Gasteiger partial charge in [0.05, 0.1) is 11.9 Å². The van der Waals surface area contributed by atoms with E-state index in [2.05, 4.69) is 20.2 Å². The Morgan fingerprint density at radius 1 is 1.31 bits per heavy atom. The lowest BCUT2D eigenvalue weighted by Crippen LogP contribution is -1.89. The molecular weight excluding hydrogens is 220 g/mol. The van der Waals surface area contributed by atoms with Crippen molar-refractivity contribution in [3.8, 4) is 11.3 Å². The predicted octanol–water partition coefficient (Wildman–Crippen LogP) is 2.92. The molecule has 1 N–H and O–H groups in total. The van der Waals surface area contributed by atoms with Crippen molar-refractivity contribution in [3.63, 3.8) is 0 Å². The molecule has 0 spiro atoms. The first-order valence-corrected chi connectivity index (χ1v) is 6.41. The first-order chi connectivity index (χ1) is 7.81. The summed E-state index contributed by atoms with van der Waals surface area (Å²) in [5, 5.41) is 7.63. The fourth-order valence-electron chi connectivity index (χ4n) is 1.20. The highest BCUT2D eigenvalue weighted by Crippen LogP contribution is 2.20. The monoisotopic (exact) mass is 236 g/mol. The number of hydrogen-bond acceptors (Lipinski definition) is 4. The first kappa shape index (κ1) is 12.7. The van der Waals surface area contributed by atoms with E-state index in [1.54, 1.807) is 12.4 Å². The summed E-state index contributed by atoms with van der Waals surface area (Å²) in [6.07, 6.45) is 5.50. The molecule has 4 nitrogen and oxygen atoms in total. The molecule has 0 atom stereocenters. The van der Waals surface area contributed by atoms with E-state index >= 15 is 0 Å². The van der Waals surface area contributed by atoms with E-state index < -0.39 is 0 Å². The topological polar surface area (TPSA) is 54.5 Å². The standard InChI is InChI=1S/C9H10N4S.C2H6/c1-6-7(5-11-13-6)8-3-4-10-9(12-8)14-2;1-2/h3-5H,1-2H3,(H,11,13);1-2H3. The summed E-state index contributed by atoms with van der Waals surface area (Å²) in [6.45, 7) is 5.98. The number of thioether (sulfide) groups is 1. The Bertz CT molecular complexity index is 439. The number of hydrogen-bond donors (Lipinski definition) is 1. The van der Waals surface area contributed by atoms with Crippen molar-refractivity contribution in [2.45, 2.75) is 25.9 Å². The summed E-state index contributed by atoms with van der Waals surface area (Å²) >= 11 is 1.53. The Balaban J connectivity index is 0.000000606. The maximum Gasteiger partial charge on any atom is 0.187 e. The van der Waals surface area contributed by atoms with Gasteiger partial charge >= 0.3 is 0 Å². The smallest absolute Gasteiger partial charge is 0.187 e. The van der Waals surface area contributed by atoms with Gasteiger partial charge in [-0.3, -0.25) is 5.10 Å².